The van der Waals surface area contributed by atoms with Gasteiger partial charge in [-0.25, -0.2) is 4.98 Å². The third kappa shape index (κ3) is 3.49. The number of benzene rings is 1. The van der Waals surface area contributed by atoms with Crippen LogP contribution in [0.4, 0.5) is 17.2 Å². The van der Waals surface area contributed by atoms with E-state index in [-0.39, 0.29) is 5.88 Å². The maximum absolute atomic E-state index is 6.10. The molecule has 3 rings (SSSR count). The van der Waals surface area contributed by atoms with Gasteiger partial charge in [0.1, 0.15) is 17.8 Å². The topological polar surface area (TPSA) is 86.0 Å². The molecule has 0 aliphatic carbocycles. The van der Waals surface area contributed by atoms with E-state index in [1.54, 1.807) is 30.6 Å². The predicted octanol–water partition coefficient (Wildman–Crippen LogP) is 3.95. The van der Waals surface area contributed by atoms with Crippen molar-refractivity contribution in [2.24, 2.45) is 0 Å². The van der Waals surface area contributed by atoms with Crippen LogP contribution in [0.2, 0.25) is 5.02 Å². The second-order valence-corrected chi connectivity index (χ2v) is 5.25. The van der Waals surface area contributed by atoms with Crippen molar-refractivity contribution in [2.45, 2.75) is 6.92 Å². The molecule has 0 fully saturated rings. The van der Waals surface area contributed by atoms with Gasteiger partial charge in [-0.2, -0.15) is 4.98 Å². The van der Waals surface area contributed by atoms with Crippen LogP contribution in [-0.2, 0) is 0 Å². The third-order valence-corrected chi connectivity index (χ3v) is 3.37. The molecule has 7 heteroatoms. The van der Waals surface area contributed by atoms with Crippen molar-refractivity contribution in [1.29, 1.82) is 0 Å². The van der Waals surface area contributed by atoms with Gasteiger partial charge in [-0.05, 0) is 42.8 Å². The Morgan fingerprint density at radius 2 is 2.09 bits per heavy atom. The van der Waals surface area contributed by atoms with Crippen molar-refractivity contribution < 1.29 is 4.74 Å². The summed E-state index contributed by atoms with van der Waals surface area (Å²) < 4.78 is 5.64. The Morgan fingerprint density at radius 1 is 1.22 bits per heavy atom. The molecule has 3 N–H and O–H groups in total. The zero-order valence-electron chi connectivity index (χ0n) is 12.3. The summed E-state index contributed by atoms with van der Waals surface area (Å²) in [6.45, 7) is 1.94. The molecule has 0 saturated heterocycles. The first-order chi connectivity index (χ1) is 11.1. The Morgan fingerprint density at radius 3 is 2.83 bits per heavy atom. The molecule has 0 bridgehead atoms. The molecule has 2 aromatic heterocycles. The van der Waals surface area contributed by atoms with Crippen LogP contribution in [-0.4, -0.2) is 15.0 Å². The number of nitrogens with two attached hydrogens (primary N) is 1. The number of rotatable bonds is 4. The number of nitrogens with zero attached hydrogens (tertiary/aromatic N) is 3. The number of halogens is 1. The van der Waals surface area contributed by atoms with Gasteiger partial charge >= 0.3 is 0 Å². The van der Waals surface area contributed by atoms with E-state index in [2.05, 4.69) is 20.3 Å². The van der Waals surface area contributed by atoms with Crippen molar-refractivity contribution in [3.8, 4) is 11.6 Å². The molecule has 3 aromatic rings. The molecule has 6 nitrogen and oxygen atoms in total. The van der Waals surface area contributed by atoms with Crippen molar-refractivity contribution in [3.05, 3.63) is 59.6 Å². The summed E-state index contributed by atoms with van der Waals surface area (Å²) in [4.78, 5) is 12.2. The number of ether oxygens (including phenoxy) is 1. The van der Waals surface area contributed by atoms with Crippen molar-refractivity contribution >= 4 is 28.8 Å². The van der Waals surface area contributed by atoms with E-state index in [4.69, 9.17) is 22.1 Å². The van der Waals surface area contributed by atoms with Crippen LogP contribution < -0.4 is 15.8 Å². The number of aromatic nitrogens is 3. The average molecular weight is 328 g/mol. The summed E-state index contributed by atoms with van der Waals surface area (Å²) >= 11 is 5.96. The molecule has 0 unspecified atom stereocenters. The van der Waals surface area contributed by atoms with Gasteiger partial charge in [0.2, 0.25) is 5.88 Å². The van der Waals surface area contributed by atoms with Crippen molar-refractivity contribution in [1.82, 2.24) is 15.0 Å². The summed E-state index contributed by atoms with van der Waals surface area (Å²) in [5, 5.41) is 3.83. The normalized spacial score (nSPS) is 10.3. The van der Waals surface area contributed by atoms with Crippen LogP contribution in [0.15, 0.2) is 49.1 Å². The number of aryl methyl sites for hydroxylation is 1. The Kier molecular flexibility index (Phi) is 4.25. The largest absolute Gasteiger partial charge is 0.435 e. The maximum atomic E-state index is 6.10. The predicted molar refractivity (Wildman–Crippen MR) is 90.2 cm³/mol. The summed E-state index contributed by atoms with van der Waals surface area (Å²) in [5.74, 6) is 1.28. The maximum Gasteiger partial charge on any atom is 0.248 e. The minimum atomic E-state index is 0.266. The first kappa shape index (κ1) is 15.1. The molecule has 0 amide bonds. The molecule has 0 radical (unpaired) electrons. The van der Waals surface area contributed by atoms with Gasteiger partial charge in [0.15, 0.2) is 5.82 Å². The Labute approximate surface area is 138 Å². The molecule has 0 saturated carbocycles. The molecule has 2 heterocycles. The molecule has 0 aliphatic rings. The van der Waals surface area contributed by atoms with E-state index < -0.39 is 0 Å². The van der Waals surface area contributed by atoms with Gasteiger partial charge in [0, 0.05) is 16.9 Å². The van der Waals surface area contributed by atoms with Gasteiger partial charge in [-0.3, -0.25) is 4.98 Å². The molecular weight excluding hydrogens is 314 g/mol. The number of hydrogen-bond acceptors (Lipinski definition) is 6. The lowest BCUT2D eigenvalue weighted by molar-refractivity contribution is 0.462. The Hall–Kier alpha value is -2.86. The second-order valence-electron chi connectivity index (χ2n) is 4.82. The van der Waals surface area contributed by atoms with E-state index in [1.165, 1.54) is 6.33 Å². The van der Waals surface area contributed by atoms with Gasteiger partial charge in [0.25, 0.3) is 0 Å². The molecule has 0 spiro atoms. The zero-order valence-corrected chi connectivity index (χ0v) is 13.1. The van der Waals surface area contributed by atoms with Crippen LogP contribution in [0, 0.1) is 6.92 Å². The van der Waals surface area contributed by atoms with E-state index >= 15 is 0 Å². The Bertz CT molecular complexity index is 826. The van der Waals surface area contributed by atoms with Crippen LogP contribution >= 0.6 is 11.6 Å². The van der Waals surface area contributed by atoms with Crippen LogP contribution in [0.1, 0.15) is 5.56 Å². The van der Waals surface area contributed by atoms with Crippen LogP contribution in [0.25, 0.3) is 0 Å². The van der Waals surface area contributed by atoms with Crippen LogP contribution in [0.3, 0.4) is 0 Å². The van der Waals surface area contributed by atoms with E-state index in [0.717, 1.165) is 11.3 Å². The first-order valence-electron chi connectivity index (χ1n) is 6.85. The highest BCUT2D eigenvalue weighted by Gasteiger charge is 2.11. The SMILES string of the molecule is Cc1cc(Cl)ccc1Nc1ncnc(Oc2cccnc2)c1N. The van der Waals surface area contributed by atoms with E-state index in [9.17, 15) is 0 Å². The number of nitrogen functional groups attached to an aromatic ring is 1. The lowest BCUT2D eigenvalue weighted by atomic mass is 10.2. The highest BCUT2D eigenvalue weighted by Crippen LogP contribution is 2.31. The summed E-state index contributed by atoms with van der Waals surface area (Å²) in [6, 6.07) is 9.05. The fraction of sp³-hybridized carbons (Fsp3) is 0.0625. The monoisotopic (exact) mass is 327 g/mol. The first-order valence-corrected chi connectivity index (χ1v) is 7.23. The zero-order chi connectivity index (χ0) is 16.2. The standard InChI is InChI=1S/C16H14ClN5O/c1-10-7-11(17)4-5-13(10)22-15-14(18)16(21-9-20-15)23-12-3-2-6-19-8-12/h2-9H,18H2,1H3,(H,20,21,22). The molecule has 1 aromatic carbocycles. The molecule has 0 atom stereocenters. The van der Waals surface area contributed by atoms with Gasteiger partial charge in [-0.1, -0.05) is 11.6 Å². The van der Waals surface area contributed by atoms with Gasteiger partial charge in [-0.15, -0.1) is 0 Å². The minimum Gasteiger partial charge on any atom is -0.435 e. The minimum absolute atomic E-state index is 0.266. The molecule has 116 valence electrons. The van der Waals surface area contributed by atoms with E-state index in [1.807, 2.05) is 19.1 Å². The lowest BCUT2D eigenvalue weighted by Gasteiger charge is -2.13. The number of pyridine rings is 1. The van der Waals surface area contributed by atoms with Crippen molar-refractivity contribution in [2.75, 3.05) is 11.1 Å². The summed E-state index contributed by atoms with van der Waals surface area (Å²) in [7, 11) is 0. The Balaban J connectivity index is 1.87. The lowest BCUT2D eigenvalue weighted by Crippen LogP contribution is -2.04. The quantitative estimate of drug-likeness (QED) is 0.754. The smallest absolute Gasteiger partial charge is 0.248 e. The average Bonchev–Trinajstić information content (AvgIpc) is 2.54. The third-order valence-electron chi connectivity index (χ3n) is 3.14. The summed E-state index contributed by atoms with van der Waals surface area (Å²) in [6.07, 6.45) is 4.63. The fourth-order valence-electron chi connectivity index (χ4n) is 1.97. The molecule has 23 heavy (non-hydrogen) atoms. The van der Waals surface area contributed by atoms with Crippen molar-refractivity contribution in [3.63, 3.8) is 0 Å². The molecular formula is C16H14ClN5O. The second kappa shape index (κ2) is 6.50. The summed E-state index contributed by atoms with van der Waals surface area (Å²) in [5.41, 5.74) is 8.24. The van der Waals surface area contributed by atoms with Gasteiger partial charge < -0.3 is 15.8 Å². The van der Waals surface area contributed by atoms with Gasteiger partial charge in [0.05, 0.1) is 6.20 Å². The molecule has 0 aliphatic heterocycles. The number of nitrogens with one attached hydrogen (secondary N) is 1. The highest BCUT2D eigenvalue weighted by molar-refractivity contribution is 6.30. The number of anilines is 3. The number of hydrogen-bond donors (Lipinski definition) is 2. The van der Waals surface area contributed by atoms with E-state index in [0.29, 0.717) is 22.3 Å². The van der Waals surface area contributed by atoms with Crippen LogP contribution in [0.5, 0.6) is 11.6 Å². The fourth-order valence-corrected chi connectivity index (χ4v) is 2.20. The highest BCUT2D eigenvalue weighted by atomic mass is 35.5.